The number of hydrogen-bond donors (Lipinski definition) is 0. The second-order valence-corrected chi connectivity index (χ2v) is 5.44. The molecule has 0 N–H and O–H groups in total. The van der Waals surface area contributed by atoms with Gasteiger partial charge in [0.25, 0.3) is 0 Å². The van der Waals surface area contributed by atoms with Crippen LogP contribution in [0.2, 0.25) is 0 Å². The molecule has 2 nitrogen and oxygen atoms in total. The number of nitrogens with zero attached hydrogens (tertiary/aromatic N) is 1. The van der Waals surface area contributed by atoms with Gasteiger partial charge in [0.1, 0.15) is 0 Å². The fourth-order valence-electron chi connectivity index (χ4n) is 2.03. The molecule has 0 saturated carbocycles. The standard InChI is InChI=1S/C15H22BrNO/c1-3-9-17(10-4-2)11-8-15(18)13-6-5-7-14(16)12-13/h5-7,12H,3-4,8-11H2,1-2H3. The predicted octanol–water partition coefficient (Wildman–Crippen LogP) is 4.14. The molecule has 0 fully saturated rings. The molecule has 0 aliphatic carbocycles. The third-order valence-corrected chi connectivity index (χ3v) is 3.37. The summed E-state index contributed by atoms with van der Waals surface area (Å²) in [5, 5.41) is 0. The highest BCUT2D eigenvalue weighted by Crippen LogP contribution is 2.13. The SMILES string of the molecule is CCCN(CCC)CCC(=O)c1cccc(Br)c1. The Morgan fingerprint density at radius 3 is 2.39 bits per heavy atom. The predicted molar refractivity (Wildman–Crippen MR) is 80.1 cm³/mol. The van der Waals surface area contributed by atoms with Gasteiger partial charge < -0.3 is 4.90 Å². The molecule has 0 amide bonds. The molecule has 3 heteroatoms. The molecule has 0 atom stereocenters. The second kappa shape index (κ2) is 8.44. The van der Waals surface area contributed by atoms with Crippen molar-refractivity contribution in [3.05, 3.63) is 34.3 Å². The number of Topliss-reactive ketones (excluding diaryl/α,β-unsaturated/α-hetero) is 1. The van der Waals surface area contributed by atoms with Crippen LogP contribution in [0, 0.1) is 0 Å². The number of hydrogen-bond acceptors (Lipinski definition) is 2. The second-order valence-electron chi connectivity index (χ2n) is 4.53. The van der Waals surface area contributed by atoms with Gasteiger partial charge in [0.2, 0.25) is 0 Å². The van der Waals surface area contributed by atoms with E-state index in [0.717, 1.165) is 42.5 Å². The first-order valence-electron chi connectivity index (χ1n) is 6.68. The van der Waals surface area contributed by atoms with E-state index in [9.17, 15) is 4.79 Å². The minimum Gasteiger partial charge on any atom is -0.303 e. The van der Waals surface area contributed by atoms with Crippen LogP contribution in [0.4, 0.5) is 0 Å². The summed E-state index contributed by atoms with van der Waals surface area (Å²) in [5.41, 5.74) is 0.803. The third-order valence-electron chi connectivity index (χ3n) is 2.88. The van der Waals surface area contributed by atoms with E-state index < -0.39 is 0 Å². The first kappa shape index (κ1) is 15.4. The highest BCUT2D eigenvalue weighted by Gasteiger charge is 2.09. The molecule has 0 spiro atoms. The van der Waals surface area contributed by atoms with Crippen LogP contribution in [0.3, 0.4) is 0 Å². The molecule has 1 rings (SSSR count). The Morgan fingerprint density at radius 2 is 1.83 bits per heavy atom. The van der Waals surface area contributed by atoms with Crippen molar-refractivity contribution >= 4 is 21.7 Å². The van der Waals surface area contributed by atoms with Gasteiger partial charge >= 0.3 is 0 Å². The van der Waals surface area contributed by atoms with Gasteiger partial charge in [0.05, 0.1) is 0 Å². The number of carbonyl (C=O) groups excluding carboxylic acids is 1. The van der Waals surface area contributed by atoms with Crippen molar-refractivity contribution in [3.63, 3.8) is 0 Å². The molecule has 0 saturated heterocycles. The van der Waals surface area contributed by atoms with Crippen LogP contribution in [0.5, 0.6) is 0 Å². The van der Waals surface area contributed by atoms with E-state index in [1.807, 2.05) is 24.3 Å². The molecule has 0 aromatic heterocycles. The fraction of sp³-hybridized carbons (Fsp3) is 0.533. The molecule has 0 bridgehead atoms. The van der Waals surface area contributed by atoms with Crippen LogP contribution in [0.15, 0.2) is 28.7 Å². The summed E-state index contributed by atoms with van der Waals surface area (Å²) >= 11 is 3.40. The van der Waals surface area contributed by atoms with E-state index in [0.29, 0.717) is 6.42 Å². The quantitative estimate of drug-likeness (QED) is 0.672. The van der Waals surface area contributed by atoms with E-state index >= 15 is 0 Å². The van der Waals surface area contributed by atoms with E-state index in [1.54, 1.807) is 0 Å². The minimum absolute atomic E-state index is 0.230. The lowest BCUT2D eigenvalue weighted by Crippen LogP contribution is -2.28. The summed E-state index contributed by atoms with van der Waals surface area (Å²) in [5.74, 6) is 0.230. The highest BCUT2D eigenvalue weighted by atomic mass is 79.9. The first-order valence-corrected chi connectivity index (χ1v) is 7.47. The maximum Gasteiger partial charge on any atom is 0.164 e. The summed E-state index contributed by atoms with van der Waals surface area (Å²) < 4.78 is 0.965. The van der Waals surface area contributed by atoms with Gasteiger partial charge in [-0.05, 0) is 38.1 Å². The Balaban J connectivity index is 2.49. The Hall–Kier alpha value is -0.670. The molecular formula is C15H22BrNO. The third kappa shape index (κ3) is 5.32. The van der Waals surface area contributed by atoms with Gasteiger partial charge in [-0.3, -0.25) is 4.79 Å². The van der Waals surface area contributed by atoms with E-state index in [2.05, 4.69) is 34.7 Å². The summed E-state index contributed by atoms with van der Waals surface area (Å²) in [6, 6.07) is 7.63. The summed E-state index contributed by atoms with van der Waals surface area (Å²) in [6.45, 7) is 7.39. The molecule has 0 unspecified atom stereocenters. The van der Waals surface area contributed by atoms with Crippen molar-refractivity contribution in [2.45, 2.75) is 33.1 Å². The summed E-state index contributed by atoms with van der Waals surface area (Å²) in [6.07, 6.45) is 2.90. The molecule has 0 aliphatic heterocycles. The van der Waals surface area contributed by atoms with Gasteiger partial charge in [-0.2, -0.15) is 0 Å². The topological polar surface area (TPSA) is 20.3 Å². The first-order chi connectivity index (χ1) is 8.67. The van der Waals surface area contributed by atoms with Gasteiger partial charge in [0, 0.05) is 23.0 Å². The number of rotatable bonds is 8. The van der Waals surface area contributed by atoms with Crippen molar-refractivity contribution in [2.75, 3.05) is 19.6 Å². The van der Waals surface area contributed by atoms with Gasteiger partial charge in [-0.25, -0.2) is 0 Å². The molecule has 1 aromatic carbocycles. The molecule has 18 heavy (non-hydrogen) atoms. The normalized spacial score (nSPS) is 10.9. The van der Waals surface area contributed by atoms with Crippen molar-refractivity contribution in [2.24, 2.45) is 0 Å². The van der Waals surface area contributed by atoms with Crippen molar-refractivity contribution in [1.29, 1.82) is 0 Å². The molecule has 100 valence electrons. The Kier molecular flexibility index (Phi) is 7.21. The molecule has 0 aliphatic rings. The zero-order valence-corrected chi connectivity index (χ0v) is 12.9. The highest BCUT2D eigenvalue weighted by molar-refractivity contribution is 9.10. The summed E-state index contributed by atoms with van der Waals surface area (Å²) in [4.78, 5) is 14.4. The van der Waals surface area contributed by atoms with Crippen molar-refractivity contribution < 1.29 is 4.79 Å². The molecular weight excluding hydrogens is 290 g/mol. The van der Waals surface area contributed by atoms with E-state index in [1.165, 1.54) is 0 Å². The zero-order valence-electron chi connectivity index (χ0n) is 11.3. The zero-order chi connectivity index (χ0) is 13.4. The van der Waals surface area contributed by atoms with Gasteiger partial charge in [-0.1, -0.05) is 41.9 Å². The Bertz CT molecular complexity index is 373. The van der Waals surface area contributed by atoms with Crippen LogP contribution in [-0.4, -0.2) is 30.3 Å². The number of ketones is 1. The number of benzene rings is 1. The molecule has 0 heterocycles. The van der Waals surface area contributed by atoms with Crippen LogP contribution in [-0.2, 0) is 0 Å². The lowest BCUT2D eigenvalue weighted by molar-refractivity contribution is 0.0964. The van der Waals surface area contributed by atoms with Crippen molar-refractivity contribution in [3.8, 4) is 0 Å². The van der Waals surface area contributed by atoms with Crippen molar-refractivity contribution in [1.82, 2.24) is 4.90 Å². The Labute approximate surface area is 119 Å². The van der Waals surface area contributed by atoms with Gasteiger partial charge in [-0.15, -0.1) is 0 Å². The molecule has 0 radical (unpaired) electrons. The van der Waals surface area contributed by atoms with E-state index in [4.69, 9.17) is 0 Å². The number of carbonyl (C=O) groups is 1. The average molecular weight is 312 g/mol. The maximum absolute atomic E-state index is 12.1. The van der Waals surface area contributed by atoms with Crippen LogP contribution < -0.4 is 0 Å². The smallest absolute Gasteiger partial charge is 0.164 e. The average Bonchev–Trinajstić information content (AvgIpc) is 2.36. The minimum atomic E-state index is 0.230. The van der Waals surface area contributed by atoms with Crippen LogP contribution in [0.25, 0.3) is 0 Å². The lowest BCUT2D eigenvalue weighted by Gasteiger charge is -2.20. The largest absolute Gasteiger partial charge is 0.303 e. The lowest BCUT2D eigenvalue weighted by atomic mass is 10.1. The number of halogens is 1. The Morgan fingerprint density at radius 1 is 1.17 bits per heavy atom. The van der Waals surface area contributed by atoms with Crippen LogP contribution in [0.1, 0.15) is 43.5 Å². The summed E-state index contributed by atoms with van der Waals surface area (Å²) in [7, 11) is 0. The van der Waals surface area contributed by atoms with Crippen LogP contribution >= 0.6 is 15.9 Å². The monoisotopic (exact) mass is 311 g/mol. The molecule has 1 aromatic rings. The maximum atomic E-state index is 12.1. The fourth-order valence-corrected chi connectivity index (χ4v) is 2.43. The van der Waals surface area contributed by atoms with Gasteiger partial charge in [0.15, 0.2) is 5.78 Å². The van der Waals surface area contributed by atoms with E-state index in [-0.39, 0.29) is 5.78 Å².